The molecule has 3 aromatic rings. The molecule has 0 atom stereocenters. The molecule has 0 spiro atoms. The summed E-state index contributed by atoms with van der Waals surface area (Å²) in [6, 6.07) is 9.49. The highest BCUT2D eigenvalue weighted by Gasteiger charge is 2.16. The minimum absolute atomic E-state index is 0.196. The molecule has 2 heterocycles. The predicted molar refractivity (Wildman–Crippen MR) is 81.2 cm³/mol. The number of hydrogen-bond acceptors (Lipinski definition) is 4. The van der Waals surface area contributed by atoms with Gasteiger partial charge >= 0.3 is 0 Å². The lowest BCUT2D eigenvalue weighted by molar-refractivity contribution is 0.0952. The Hall–Kier alpha value is -2.89. The maximum atomic E-state index is 12.3. The third kappa shape index (κ3) is 2.90. The summed E-state index contributed by atoms with van der Waals surface area (Å²) >= 11 is 0. The van der Waals surface area contributed by atoms with E-state index in [4.69, 9.17) is 4.52 Å². The normalized spacial score (nSPS) is 10.6. The number of nitrogens with one attached hydrogen (secondary N) is 1. The van der Waals surface area contributed by atoms with Crippen LogP contribution in [0.2, 0.25) is 0 Å². The Labute approximate surface area is 127 Å². The summed E-state index contributed by atoms with van der Waals surface area (Å²) in [7, 11) is 0. The molecular weight excluding hydrogens is 280 g/mol. The third-order valence-electron chi connectivity index (χ3n) is 3.42. The van der Waals surface area contributed by atoms with E-state index in [-0.39, 0.29) is 5.91 Å². The summed E-state index contributed by atoms with van der Waals surface area (Å²) in [4.78, 5) is 16.4. The van der Waals surface area contributed by atoms with Gasteiger partial charge in [-0.05, 0) is 6.92 Å². The molecule has 22 heavy (non-hydrogen) atoms. The number of imidazole rings is 1. The standard InChI is InChI=1S/C16H16N4O2/c1-12-17-7-9-20(12)10-8-18-16(21)14-11-22-19-15(14)13-5-3-2-4-6-13/h2-7,9,11H,8,10H2,1H3,(H,18,21). The van der Waals surface area contributed by atoms with Crippen LogP contribution in [0.1, 0.15) is 16.2 Å². The first-order chi connectivity index (χ1) is 10.8. The molecule has 0 bridgehead atoms. The smallest absolute Gasteiger partial charge is 0.256 e. The van der Waals surface area contributed by atoms with Crippen LogP contribution in [0.15, 0.2) is 53.5 Å². The van der Waals surface area contributed by atoms with Crippen LogP contribution in [0.3, 0.4) is 0 Å². The van der Waals surface area contributed by atoms with Crippen molar-refractivity contribution in [2.24, 2.45) is 0 Å². The molecule has 0 saturated heterocycles. The second-order valence-corrected chi connectivity index (χ2v) is 4.87. The average Bonchev–Trinajstić information content (AvgIpc) is 3.17. The number of carbonyl (C=O) groups is 1. The number of carbonyl (C=O) groups excluding carboxylic acids is 1. The molecule has 3 rings (SSSR count). The van der Waals surface area contributed by atoms with Gasteiger partial charge < -0.3 is 14.4 Å². The Bertz CT molecular complexity index is 761. The summed E-state index contributed by atoms with van der Waals surface area (Å²) < 4.78 is 6.94. The zero-order valence-electron chi connectivity index (χ0n) is 12.2. The van der Waals surface area contributed by atoms with Gasteiger partial charge in [0.15, 0.2) is 0 Å². The molecule has 0 radical (unpaired) electrons. The van der Waals surface area contributed by atoms with Crippen LogP contribution >= 0.6 is 0 Å². The molecule has 2 aromatic heterocycles. The van der Waals surface area contributed by atoms with Crippen molar-refractivity contribution in [1.82, 2.24) is 20.0 Å². The van der Waals surface area contributed by atoms with Crippen LogP contribution in [0, 0.1) is 6.92 Å². The zero-order chi connectivity index (χ0) is 15.4. The number of aryl methyl sites for hydroxylation is 1. The fourth-order valence-electron chi connectivity index (χ4n) is 2.23. The van der Waals surface area contributed by atoms with Gasteiger partial charge in [-0.15, -0.1) is 0 Å². The van der Waals surface area contributed by atoms with E-state index < -0.39 is 0 Å². The largest absolute Gasteiger partial charge is 0.363 e. The van der Waals surface area contributed by atoms with Crippen LogP contribution in [0.5, 0.6) is 0 Å². The van der Waals surface area contributed by atoms with E-state index in [0.717, 1.165) is 11.4 Å². The number of benzene rings is 1. The molecule has 1 N–H and O–H groups in total. The van der Waals surface area contributed by atoms with E-state index in [1.54, 1.807) is 6.20 Å². The van der Waals surface area contributed by atoms with E-state index in [2.05, 4.69) is 15.5 Å². The van der Waals surface area contributed by atoms with Crippen molar-refractivity contribution in [2.75, 3.05) is 6.54 Å². The molecule has 6 heteroatoms. The van der Waals surface area contributed by atoms with Crippen molar-refractivity contribution >= 4 is 5.91 Å². The third-order valence-corrected chi connectivity index (χ3v) is 3.42. The van der Waals surface area contributed by atoms with Gasteiger partial charge in [0.05, 0.1) is 0 Å². The second-order valence-electron chi connectivity index (χ2n) is 4.87. The molecule has 112 valence electrons. The number of nitrogens with zero attached hydrogens (tertiary/aromatic N) is 3. The summed E-state index contributed by atoms with van der Waals surface area (Å²) in [6.45, 7) is 3.11. The fraction of sp³-hybridized carbons (Fsp3) is 0.188. The minimum atomic E-state index is -0.196. The van der Waals surface area contributed by atoms with Crippen molar-refractivity contribution in [3.63, 3.8) is 0 Å². The van der Waals surface area contributed by atoms with Crippen LogP contribution in [-0.2, 0) is 6.54 Å². The molecule has 0 unspecified atom stereocenters. The SMILES string of the molecule is Cc1nccn1CCNC(=O)c1conc1-c1ccccc1. The molecule has 6 nitrogen and oxygen atoms in total. The zero-order valence-corrected chi connectivity index (χ0v) is 12.2. The molecular formula is C16H16N4O2. The monoisotopic (exact) mass is 296 g/mol. The van der Waals surface area contributed by atoms with Gasteiger partial charge in [-0.3, -0.25) is 4.79 Å². The highest BCUT2D eigenvalue weighted by molar-refractivity contribution is 5.99. The Kier molecular flexibility index (Phi) is 4.00. The Morgan fingerprint density at radius 3 is 2.86 bits per heavy atom. The van der Waals surface area contributed by atoms with Gasteiger partial charge in [0.25, 0.3) is 5.91 Å². The number of aromatic nitrogens is 3. The van der Waals surface area contributed by atoms with E-state index in [9.17, 15) is 4.79 Å². The first-order valence-corrected chi connectivity index (χ1v) is 7.01. The predicted octanol–water partition coefficient (Wildman–Crippen LogP) is 2.28. The maximum Gasteiger partial charge on any atom is 0.256 e. The van der Waals surface area contributed by atoms with E-state index in [0.29, 0.717) is 24.3 Å². The highest BCUT2D eigenvalue weighted by atomic mass is 16.5. The molecule has 0 aliphatic rings. The van der Waals surface area contributed by atoms with Crippen LogP contribution < -0.4 is 5.32 Å². The summed E-state index contributed by atoms with van der Waals surface area (Å²) in [5, 5.41) is 6.80. The van der Waals surface area contributed by atoms with Crippen molar-refractivity contribution in [2.45, 2.75) is 13.5 Å². The first-order valence-electron chi connectivity index (χ1n) is 7.01. The average molecular weight is 296 g/mol. The minimum Gasteiger partial charge on any atom is -0.363 e. The van der Waals surface area contributed by atoms with Crippen molar-refractivity contribution < 1.29 is 9.32 Å². The molecule has 0 aliphatic carbocycles. The lowest BCUT2D eigenvalue weighted by Crippen LogP contribution is -2.27. The maximum absolute atomic E-state index is 12.3. The topological polar surface area (TPSA) is 73.0 Å². The van der Waals surface area contributed by atoms with Gasteiger partial charge in [0.2, 0.25) is 0 Å². The van der Waals surface area contributed by atoms with Crippen LogP contribution in [0.4, 0.5) is 0 Å². The van der Waals surface area contributed by atoms with Gasteiger partial charge in [0, 0.05) is 31.0 Å². The second kappa shape index (κ2) is 6.26. The quantitative estimate of drug-likeness (QED) is 0.784. The molecule has 0 aliphatic heterocycles. The Balaban J connectivity index is 1.66. The number of rotatable bonds is 5. The van der Waals surface area contributed by atoms with Crippen LogP contribution in [-0.4, -0.2) is 27.2 Å². The molecule has 1 amide bonds. The Morgan fingerprint density at radius 1 is 1.32 bits per heavy atom. The van der Waals surface area contributed by atoms with Gasteiger partial charge in [-0.2, -0.15) is 0 Å². The van der Waals surface area contributed by atoms with Crippen molar-refractivity contribution in [1.29, 1.82) is 0 Å². The molecule has 0 saturated carbocycles. The van der Waals surface area contributed by atoms with E-state index in [1.165, 1.54) is 6.26 Å². The highest BCUT2D eigenvalue weighted by Crippen LogP contribution is 2.21. The van der Waals surface area contributed by atoms with Crippen molar-refractivity contribution in [3.05, 3.63) is 60.4 Å². The summed E-state index contributed by atoms with van der Waals surface area (Å²) in [6.07, 6.45) is 5.00. The lowest BCUT2D eigenvalue weighted by Gasteiger charge is -2.07. The van der Waals surface area contributed by atoms with Gasteiger partial charge in [0.1, 0.15) is 23.3 Å². The van der Waals surface area contributed by atoms with Gasteiger partial charge in [-0.1, -0.05) is 35.5 Å². The van der Waals surface area contributed by atoms with Crippen molar-refractivity contribution in [3.8, 4) is 11.3 Å². The number of amides is 1. The summed E-state index contributed by atoms with van der Waals surface area (Å²) in [5.41, 5.74) is 1.84. The number of hydrogen-bond donors (Lipinski definition) is 1. The lowest BCUT2D eigenvalue weighted by atomic mass is 10.1. The first kappa shape index (κ1) is 14.1. The van der Waals surface area contributed by atoms with Gasteiger partial charge in [-0.25, -0.2) is 4.98 Å². The summed E-state index contributed by atoms with van der Waals surface area (Å²) in [5.74, 6) is 0.724. The fourth-order valence-corrected chi connectivity index (χ4v) is 2.23. The molecule has 0 fully saturated rings. The van der Waals surface area contributed by atoms with Crippen LogP contribution in [0.25, 0.3) is 11.3 Å². The Morgan fingerprint density at radius 2 is 2.14 bits per heavy atom. The van der Waals surface area contributed by atoms with E-state index >= 15 is 0 Å². The van der Waals surface area contributed by atoms with E-state index in [1.807, 2.05) is 48.0 Å². The molecule has 1 aromatic carbocycles.